The first-order valence-electron chi connectivity index (χ1n) is 6.12. The minimum absolute atomic E-state index is 0.113. The zero-order valence-electron chi connectivity index (χ0n) is 11.0. The molecule has 1 N–H and O–H groups in total. The van der Waals surface area contributed by atoms with E-state index in [0.29, 0.717) is 11.7 Å². The number of benzene rings is 1. The van der Waals surface area contributed by atoms with Crippen LogP contribution in [0.5, 0.6) is 0 Å². The Labute approximate surface area is 125 Å². The molecule has 0 unspecified atom stereocenters. The number of nitrogens with one attached hydrogen (secondary N) is 1. The third kappa shape index (κ3) is 4.88. The molecule has 1 aromatic heterocycles. The molecule has 2 rings (SSSR count). The highest BCUT2D eigenvalue weighted by Crippen LogP contribution is 2.10. The smallest absolute Gasteiger partial charge is 0.230 e. The number of hydrogen-bond donors (Lipinski definition) is 1. The van der Waals surface area contributed by atoms with Gasteiger partial charge in [-0.25, -0.2) is 9.97 Å². The molecule has 0 spiro atoms. The van der Waals surface area contributed by atoms with Gasteiger partial charge in [-0.05, 0) is 17.2 Å². The van der Waals surface area contributed by atoms with Crippen molar-refractivity contribution in [2.75, 3.05) is 5.75 Å². The Balaban J connectivity index is 1.77. The van der Waals surface area contributed by atoms with Crippen LogP contribution in [0.15, 0.2) is 47.9 Å². The number of carboxylic acid groups (broad SMARTS) is 1. The van der Waals surface area contributed by atoms with Crippen molar-refractivity contribution in [3.8, 4) is 0 Å². The molecule has 6 nitrogen and oxygen atoms in total. The highest BCUT2D eigenvalue weighted by molar-refractivity contribution is 7.99. The Kier molecular flexibility index (Phi) is 5.28. The SMILES string of the molecule is O=C(CSc1ncccn1)NCc1ccc(C(=O)[O-])cc1. The lowest BCUT2D eigenvalue weighted by atomic mass is 10.1. The van der Waals surface area contributed by atoms with E-state index < -0.39 is 5.97 Å². The highest BCUT2D eigenvalue weighted by Gasteiger charge is 2.04. The minimum atomic E-state index is -1.22. The predicted molar refractivity (Wildman–Crippen MR) is 75.4 cm³/mol. The van der Waals surface area contributed by atoms with Crippen LogP contribution in [0.4, 0.5) is 0 Å². The summed E-state index contributed by atoms with van der Waals surface area (Å²) < 4.78 is 0. The number of hydrogen-bond acceptors (Lipinski definition) is 6. The molecule has 2 aromatic rings. The van der Waals surface area contributed by atoms with Crippen LogP contribution in [-0.2, 0) is 11.3 Å². The predicted octanol–water partition coefficient (Wildman–Crippen LogP) is 0.249. The lowest BCUT2D eigenvalue weighted by molar-refractivity contribution is -0.255. The van der Waals surface area contributed by atoms with Gasteiger partial charge in [-0.1, -0.05) is 36.0 Å². The molecule has 21 heavy (non-hydrogen) atoms. The van der Waals surface area contributed by atoms with Gasteiger partial charge in [0, 0.05) is 18.9 Å². The van der Waals surface area contributed by atoms with Crippen LogP contribution in [0.1, 0.15) is 15.9 Å². The maximum Gasteiger partial charge on any atom is 0.230 e. The van der Waals surface area contributed by atoms with Gasteiger partial charge < -0.3 is 15.2 Å². The van der Waals surface area contributed by atoms with Crippen LogP contribution in [0.3, 0.4) is 0 Å². The summed E-state index contributed by atoms with van der Waals surface area (Å²) >= 11 is 1.25. The lowest BCUT2D eigenvalue weighted by Gasteiger charge is -2.06. The summed E-state index contributed by atoms with van der Waals surface area (Å²) in [5.74, 6) is -1.14. The van der Waals surface area contributed by atoms with Gasteiger partial charge in [-0.3, -0.25) is 4.79 Å². The van der Waals surface area contributed by atoms with E-state index in [-0.39, 0.29) is 17.2 Å². The van der Waals surface area contributed by atoms with Crippen molar-refractivity contribution in [3.05, 3.63) is 53.9 Å². The second-order valence-electron chi connectivity index (χ2n) is 4.08. The zero-order chi connectivity index (χ0) is 15.1. The Bertz CT molecular complexity index is 617. The van der Waals surface area contributed by atoms with E-state index >= 15 is 0 Å². The van der Waals surface area contributed by atoms with Crippen molar-refractivity contribution in [2.24, 2.45) is 0 Å². The van der Waals surface area contributed by atoms with Gasteiger partial charge in [-0.2, -0.15) is 0 Å². The van der Waals surface area contributed by atoms with E-state index in [1.165, 1.54) is 23.9 Å². The Morgan fingerprint density at radius 3 is 2.43 bits per heavy atom. The molecule has 0 saturated heterocycles. The molecule has 7 heteroatoms. The molecular weight excluding hydrogens is 290 g/mol. The molecular formula is C14H12N3O3S-. The number of carbonyl (C=O) groups is 2. The molecule has 0 atom stereocenters. The normalized spacial score (nSPS) is 10.1. The number of aromatic nitrogens is 2. The first-order valence-corrected chi connectivity index (χ1v) is 7.10. The molecule has 108 valence electrons. The monoisotopic (exact) mass is 302 g/mol. The average Bonchev–Trinajstić information content (AvgIpc) is 2.52. The molecule has 1 aromatic carbocycles. The van der Waals surface area contributed by atoms with E-state index in [9.17, 15) is 14.7 Å². The minimum Gasteiger partial charge on any atom is -0.545 e. The van der Waals surface area contributed by atoms with Gasteiger partial charge in [0.15, 0.2) is 5.16 Å². The van der Waals surface area contributed by atoms with Crippen LogP contribution in [-0.4, -0.2) is 27.6 Å². The Hall–Kier alpha value is -2.41. The van der Waals surface area contributed by atoms with Crippen molar-refractivity contribution >= 4 is 23.6 Å². The van der Waals surface area contributed by atoms with E-state index in [1.54, 1.807) is 30.6 Å². The quantitative estimate of drug-likeness (QED) is 0.607. The van der Waals surface area contributed by atoms with Crippen molar-refractivity contribution in [1.29, 1.82) is 0 Å². The Morgan fingerprint density at radius 1 is 1.14 bits per heavy atom. The molecule has 0 aliphatic heterocycles. The summed E-state index contributed by atoms with van der Waals surface area (Å²) in [6, 6.07) is 7.88. The summed E-state index contributed by atoms with van der Waals surface area (Å²) in [5.41, 5.74) is 0.927. The first kappa shape index (κ1) is 15.0. The maximum absolute atomic E-state index is 11.7. The largest absolute Gasteiger partial charge is 0.545 e. The topological polar surface area (TPSA) is 95.0 Å². The van der Waals surface area contributed by atoms with E-state index in [0.717, 1.165) is 5.56 Å². The summed E-state index contributed by atoms with van der Waals surface area (Å²) in [5, 5.41) is 13.9. The number of thioether (sulfide) groups is 1. The third-order valence-corrected chi connectivity index (χ3v) is 3.43. The van der Waals surface area contributed by atoms with Crippen molar-refractivity contribution in [1.82, 2.24) is 15.3 Å². The van der Waals surface area contributed by atoms with Crippen LogP contribution >= 0.6 is 11.8 Å². The molecule has 0 aliphatic rings. The Morgan fingerprint density at radius 2 is 1.81 bits per heavy atom. The van der Waals surface area contributed by atoms with Gasteiger partial charge in [0.05, 0.1) is 11.7 Å². The van der Waals surface area contributed by atoms with Crippen molar-refractivity contribution < 1.29 is 14.7 Å². The second-order valence-corrected chi connectivity index (χ2v) is 5.02. The van der Waals surface area contributed by atoms with Gasteiger partial charge in [0.25, 0.3) is 0 Å². The average molecular weight is 302 g/mol. The molecule has 0 aliphatic carbocycles. The van der Waals surface area contributed by atoms with Gasteiger partial charge >= 0.3 is 0 Å². The van der Waals surface area contributed by atoms with Crippen molar-refractivity contribution in [3.63, 3.8) is 0 Å². The number of rotatable bonds is 6. The highest BCUT2D eigenvalue weighted by atomic mass is 32.2. The fraction of sp³-hybridized carbons (Fsp3) is 0.143. The van der Waals surface area contributed by atoms with Crippen molar-refractivity contribution in [2.45, 2.75) is 11.7 Å². The van der Waals surface area contributed by atoms with Crippen LogP contribution < -0.4 is 10.4 Å². The molecule has 0 saturated carbocycles. The lowest BCUT2D eigenvalue weighted by Crippen LogP contribution is -2.25. The first-order chi connectivity index (χ1) is 10.1. The fourth-order valence-corrected chi connectivity index (χ4v) is 2.13. The van der Waals surface area contributed by atoms with E-state index in [1.807, 2.05) is 0 Å². The molecule has 1 heterocycles. The third-order valence-electron chi connectivity index (χ3n) is 2.55. The molecule has 0 bridgehead atoms. The standard InChI is InChI=1S/C14H13N3O3S/c18-12(9-21-14-15-6-1-7-16-14)17-8-10-2-4-11(5-3-10)13(19)20/h1-7H,8-9H2,(H,17,18)(H,19,20)/p-1. The van der Waals surface area contributed by atoms with Crippen LogP contribution in [0, 0.1) is 0 Å². The maximum atomic E-state index is 11.7. The summed E-state index contributed by atoms with van der Waals surface area (Å²) in [6.45, 7) is 0.336. The number of carboxylic acids is 1. The number of amides is 1. The fourth-order valence-electron chi connectivity index (χ4n) is 1.50. The number of carbonyl (C=O) groups excluding carboxylic acids is 2. The molecule has 1 amide bonds. The number of nitrogens with zero attached hydrogens (tertiary/aromatic N) is 2. The van der Waals surface area contributed by atoms with Crippen LogP contribution in [0.25, 0.3) is 0 Å². The van der Waals surface area contributed by atoms with Gasteiger partial charge in [-0.15, -0.1) is 0 Å². The van der Waals surface area contributed by atoms with Gasteiger partial charge in [0.2, 0.25) is 5.91 Å². The van der Waals surface area contributed by atoms with E-state index in [2.05, 4.69) is 15.3 Å². The summed E-state index contributed by atoms with van der Waals surface area (Å²) in [7, 11) is 0. The molecule has 0 radical (unpaired) electrons. The number of aromatic carboxylic acids is 1. The summed E-state index contributed by atoms with van der Waals surface area (Å²) in [4.78, 5) is 30.3. The second kappa shape index (κ2) is 7.39. The van der Waals surface area contributed by atoms with Crippen LogP contribution in [0.2, 0.25) is 0 Å². The molecule has 0 fully saturated rings. The summed E-state index contributed by atoms with van der Waals surface area (Å²) in [6.07, 6.45) is 3.23. The van der Waals surface area contributed by atoms with E-state index in [4.69, 9.17) is 0 Å². The zero-order valence-corrected chi connectivity index (χ0v) is 11.8. The van der Waals surface area contributed by atoms with Gasteiger partial charge in [0.1, 0.15) is 0 Å².